The van der Waals surface area contributed by atoms with Gasteiger partial charge in [0.05, 0.1) is 6.10 Å². The molecule has 0 radical (unpaired) electrons. The largest absolute Gasteiger partial charge is 0.391 e. The lowest BCUT2D eigenvalue weighted by Crippen LogP contribution is -2.32. The number of nitrogens with two attached hydrogens (primary N) is 1. The first kappa shape index (κ1) is 11.5. The Morgan fingerprint density at radius 1 is 1.80 bits per heavy atom. The van der Waals surface area contributed by atoms with Crippen LogP contribution in [0.1, 0.15) is 30.3 Å². The van der Waals surface area contributed by atoms with E-state index in [1.54, 1.807) is 0 Å². The summed E-state index contributed by atoms with van der Waals surface area (Å²) in [6, 6.07) is 1.45. The molecule has 0 aliphatic carbocycles. The molecule has 1 amide bonds. The molecular weight excluding hydrogens is 196 g/mol. The van der Waals surface area contributed by atoms with Crippen LogP contribution >= 0.6 is 0 Å². The SMILES string of the molecule is CCCC(O)CNC(=O)c1cc(N)n[nH]1. The Morgan fingerprint density at radius 2 is 2.53 bits per heavy atom. The summed E-state index contributed by atoms with van der Waals surface area (Å²) < 4.78 is 0. The highest BCUT2D eigenvalue weighted by molar-refractivity contribution is 5.92. The van der Waals surface area contributed by atoms with Gasteiger partial charge in [-0.2, -0.15) is 5.10 Å². The van der Waals surface area contributed by atoms with Crippen LogP contribution in [-0.2, 0) is 0 Å². The minimum atomic E-state index is -0.501. The van der Waals surface area contributed by atoms with Gasteiger partial charge in [0.1, 0.15) is 11.5 Å². The van der Waals surface area contributed by atoms with Gasteiger partial charge < -0.3 is 16.2 Å². The van der Waals surface area contributed by atoms with E-state index in [4.69, 9.17) is 5.73 Å². The van der Waals surface area contributed by atoms with Crippen LogP contribution in [0.15, 0.2) is 6.07 Å². The molecule has 5 N–H and O–H groups in total. The maximum Gasteiger partial charge on any atom is 0.269 e. The number of nitrogen functional groups attached to an aromatic ring is 1. The topological polar surface area (TPSA) is 104 Å². The number of hydrogen-bond acceptors (Lipinski definition) is 4. The minimum Gasteiger partial charge on any atom is -0.391 e. The molecule has 0 aromatic carbocycles. The summed E-state index contributed by atoms with van der Waals surface area (Å²) in [5.41, 5.74) is 5.65. The highest BCUT2D eigenvalue weighted by atomic mass is 16.3. The lowest BCUT2D eigenvalue weighted by Gasteiger charge is -2.09. The summed E-state index contributed by atoms with van der Waals surface area (Å²) in [6.45, 7) is 2.21. The second-order valence-electron chi connectivity index (χ2n) is 3.36. The number of hydrogen-bond donors (Lipinski definition) is 4. The molecule has 15 heavy (non-hydrogen) atoms. The van der Waals surface area contributed by atoms with Gasteiger partial charge in [0.2, 0.25) is 0 Å². The van der Waals surface area contributed by atoms with Crippen molar-refractivity contribution >= 4 is 11.7 Å². The number of carbonyl (C=O) groups is 1. The van der Waals surface area contributed by atoms with Crippen molar-refractivity contribution < 1.29 is 9.90 Å². The lowest BCUT2D eigenvalue weighted by molar-refractivity contribution is 0.0905. The van der Waals surface area contributed by atoms with Gasteiger partial charge in [0.25, 0.3) is 5.91 Å². The van der Waals surface area contributed by atoms with Crippen LogP contribution in [0, 0.1) is 0 Å². The van der Waals surface area contributed by atoms with Gasteiger partial charge in [0, 0.05) is 12.6 Å². The second-order valence-corrected chi connectivity index (χ2v) is 3.36. The van der Waals surface area contributed by atoms with Gasteiger partial charge in [0.15, 0.2) is 0 Å². The van der Waals surface area contributed by atoms with E-state index in [2.05, 4.69) is 15.5 Å². The monoisotopic (exact) mass is 212 g/mol. The van der Waals surface area contributed by atoms with E-state index in [1.165, 1.54) is 6.07 Å². The zero-order valence-electron chi connectivity index (χ0n) is 8.66. The molecule has 6 heteroatoms. The molecule has 0 aliphatic rings. The molecule has 6 nitrogen and oxygen atoms in total. The highest BCUT2D eigenvalue weighted by Crippen LogP contribution is 2.00. The number of rotatable bonds is 5. The van der Waals surface area contributed by atoms with Gasteiger partial charge >= 0.3 is 0 Å². The molecule has 1 unspecified atom stereocenters. The standard InChI is InChI=1S/C9H16N4O2/c1-2-3-6(14)5-11-9(15)7-4-8(10)13-12-7/h4,6,14H,2-3,5H2,1H3,(H,11,15)(H3,10,12,13). The summed E-state index contributed by atoms with van der Waals surface area (Å²) in [6.07, 6.45) is 1.05. The Labute approximate surface area is 87.9 Å². The molecule has 1 rings (SSSR count). The Balaban J connectivity index is 2.36. The Hall–Kier alpha value is -1.56. The van der Waals surface area contributed by atoms with E-state index in [0.29, 0.717) is 12.1 Å². The van der Waals surface area contributed by atoms with E-state index in [-0.39, 0.29) is 18.3 Å². The highest BCUT2D eigenvalue weighted by Gasteiger charge is 2.10. The van der Waals surface area contributed by atoms with Crippen molar-refractivity contribution in [3.05, 3.63) is 11.8 Å². The Morgan fingerprint density at radius 3 is 3.07 bits per heavy atom. The third-order valence-electron chi connectivity index (χ3n) is 1.96. The van der Waals surface area contributed by atoms with Crippen LogP contribution < -0.4 is 11.1 Å². The van der Waals surface area contributed by atoms with Crippen molar-refractivity contribution in [1.29, 1.82) is 0 Å². The smallest absolute Gasteiger partial charge is 0.269 e. The number of aliphatic hydroxyl groups is 1. The molecule has 1 heterocycles. The predicted molar refractivity (Wildman–Crippen MR) is 56.2 cm³/mol. The van der Waals surface area contributed by atoms with Crippen molar-refractivity contribution in [2.75, 3.05) is 12.3 Å². The molecule has 0 saturated carbocycles. The van der Waals surface area contributed by atoms with Gasteiger partial charge in [-0.1, -0.05) is 13.3 Å². The van der Waals surface area contributed by atoms with Gasteiger partial charge in [-0.3, -0.25) is 9.89 Å². The molecule has 0 aliphatic heterocycles. The fourth-order valence-electron chi connectivity index (χ4n) is 1.19. The predicted octanol–water partition coefficient (Wildman–Crippen LogP) is -0.117. The molecule has 1 atom stereocenters. The fourth-order valence-corrected chi connectivity index (χ4v) is 1.19. The normalized spacial score (nSPS) is 12.4. The molecule has 1 aromatic heterocycles. The third-order valence-corrected chi connectivity index (χ3v) is 1.96. The number of aliphatic hydroxyl groups excluding tert-OH is 1. The molecule has 0 spiro atoms. The molecule has 0 saturated heterocycles. The second kappa shape index (κ2) is 5.35. The molecule has 0 fully saturated rings. The van der Waals surface area contributed by atoms with Crippen molar-refractivity contribution in [1.82, 2.24) is 15.5 Å². The average molecular weight is 212 g/mol. The average Bonchev–Trinajstić information content (AvgIpc) is 2.62. The van der Waals surface area contributed by atoms with Crippen LogP contribution in [0.4, 0.5) is 5.82 Å². The zero-order chi connectivity index (χ0) is 11.3. The number of carbonyl (C=O) groups excluding carboxylic acids is 1. The molecule has 0 bridgehead atoms. The van der Waals surface area contributed by atoms with Crippen LogP contribution in [0.5, 0.6) is 0 Å². The van der Waals surface area contributed by atoms with Gasteiger partial charge in [-0.05, 0) is 6.42 Å². The minimum absolute atomic E-state index is 0.242. The molecular formula is C9H16N4O2. The van der Waals surface area contributed by atoms with Crippen molar-refractivity contribution in [3.8, 4) is 0 Å². The van der Waals surface area contributed by atoms with E-state index in [1.807, 2.05) is 6.92 Å². The van der Waals surface area contributed by atoms with E-state index >= 15 is 0 Å². The number of nitrogens with zero attached hydrogens (tertiary/aromatic N) is 1. The summed E-state index contributed by atoms with van der Waals surface area (Å²) in [4.78, 5) is 11.4. The third kappa shape index (κ3) is 3.59. The van der Waals surface area contributed by atoms with Crippen LogP contribution in [0.2, 0.25) is 0 Å². The Bertz CT molecular complexity index is 324. The summed E-state index contributed by atoms with van der Waals surface area (Å²) in [5.74, 6) is -0.0383. The van der Waals surface area contributed by atoms with E-state index in [9.17, 15) is 9.90 Å². The summed E-state index contributed by atoms with van der Waals surface area (Å²) in [7, 11) is 0. The number of amides is 1. The first-order chi connectivity index (χ1) is 7.13. The fraction of sp³-hybridized carbons (Fsp3) is 0.556. The van der Waals surface area contributed by atoms with Crippen molar-refractivity contribution in [2.45, 2.75) is 25.9 Å². The number of H-pyrrole nitrogens is 1. The molecule has 1 aromatic rings. The number of aromatic amines is 1. The van der Waals surface area contributed by atoms with Crippen LogP contribution in [0.25, 0.3) is 0 Å². The number of nitrogens with one attached hydrogen (secondary N) is 2. The Kier molecular flexibility index (Phi) is 4.11. The van der Waals surface area contributed by atoms with Gasteiger partial charge in [-0.15, -0.1) is 0 Å². The maximum atomic E-state index is 11.4. The summed E-state index contributed by atoms with van der Waals surface area (Å²) in [5, 5.41) is 18.1. The van der Waals surface area contributed by atoms with Crippen molar-refractivity contribution in [2.24, 2.45) is 0 Å². The maximum absolute atomic E-state index is 11.4. The van der Waals surface area contributed by atoms with E-state index in [0.717, 1.165) is 6.42 Å². The summed E-state index contributed by atoms with van der Waals surface area (Å²) >= 11 is 0. The quantitative estimate of drug-likeness (QED) is 0.546. The first-order valence-electron chi connectivity index (χ1n) is 4.90. The van der Waals surface area contributed by atoms with Crippen LogP contribution in [-0.4, -0.2) is 33.9 Å². The zero-order valence-corrected chi connectivity index (χ0v) is 8.66. The lowest BCUT2D eigenvalue weighted by atomic mass is 10.2. The number of aromatic nitrogens is 2. The molecule has 84 valence electrons. The first-order valence-corrected chi connectivity index (χ1v) is 4.90. The van der Waals surface area contributed by atoms with Gasteiger partial charge in [-0.25, -0.2) is 0 Å². The number of anilines is 1. The van der Waals surface area contributed by atoms with E-state index < -0.39 is 6.10 Å². The van der Waals surface area contributed by atoms with Crippen molar-refractivity contribution in [3.63, 3.8) is 0 Å². The van der Waals surface area contributed by atoms with Crippen LogP contribution in [0.3, 0.4) is 0 Å².